The fourth-order valence-corrected chi connectivity index (χ4v) is 3.98. The summed E-state index contributed by atoms with van der Waals surface area (Å²) in [5, 5.41) is 0. The average molecular weight is 330 g/mol. The lowest BCUT2D eigenvalue weighted by Crippen LogP contribution is -2.06. The molecule has 0 fully saturated rings. The van der Waals surface area contributed by atoms with Crippen LogP contribution >= 0.6 is 0 Å². The minimum atomic E-state index is -3.51. The van der Waals surface area contributed by atoms with E-state index in [1.54, 1.807) is 42.5 Å². The van der Waals surface area contributed by atoms with E-state index in [4.69, 9.17) is 14.2 Å². The van der Waals surface area contributed by atoms with Gasteiger partial charge in [-0.25, -0.2) is 8.42 Å². The second-order valence-corrected chi connectivity index (χ2v) is 7.30. The third-order valence-corrected chi connectivity index (χ3v) is 5.70. The predicted octanol–water partition coefficient (Wildman–Crippen LogP) is 2.84. The zero-order valence-corrected chi connectivity index (χ0v) is 13.0. The van der Waals surface area contributed by atoms with Crippen molar-refractivity contribution < 1.29 is 22.6 Å². The van der Waals surface area contributed by atoms with Crippen molar-refractivity contribution in [2.75, 3.05) is 13.4 Å². The highest BCUT2D eigenvalue weighted by atomic mass is 32.2. The van der Waals surface area contributed by atoms with Crippen LogP contribution < -0.4 is 9.47 Å². The quantitative estimate of drug-likeness (QED) is 0.866. The summed E-state index contributed by atoms with van der Waals surface area (Å²) in [6.07, 6.45) is 1.25. The van der Waals surface area contributed by atoms with Crippen molar-refractivity contribution in [2.45, 2.75) is 11.0 Å². The standard InChI is InChI=1S/C17H14O5S/c18-23(19,13-4-2-1-3-5-13)14-9-16(20-10-14)12-6-7-15-17(8-12)22-11-21-15/h1-9,16H,10-11H2. The average Bonchev–Trinajstić information content (AvgIpc) is 3.24. The summed E-state index contributed by atoms with van der Waals surface area (Å²) >= 11 is 0. The third-order valence-electron chi connectivity index (χ3n) is 3.87. The first-order valence-corrected chi connectivity index (χ1v) is 8.65. The summed E-state index contributed by atoms with van der Waals surface area (Å²) in [5.41, 5.74) is 0.840. The van der Waals surface area contributed by atoms with Gasteiger partial charge in [0.1, 0.15) is 6.10 Å². The first kappa shape index (κ1) is 14.3. The zero-order chi connectivity index (χ0) is 15.9. The first-order valence-electron chi connectivity index (χ1n) is 7.16. The molecule has 2 aromatic rings. The minimum absolute atomic E-state index is 0.0658. The van der Waals surface area contributed by atoms with Crippen LogP contribution in [0.4, 0.5) is 0 Å². The summed E-state index contributed by atoms with van der Waals surface area (Å²) in [6.45, 7) is 0.268. The number of hydrogen-bond donors (Lipinski definition) is 0. The van der Waals surface area contributed by atoms with Crippen molar-refractivity contribution in [3.8, 4) is 11.5 Å². The van der Waals surface area contributed by atoms with E-state index in [1.165, 1.54) is 0 Å². The molecule has 2 aliphatic rings. The second kappa shape index (κ2) is 5.40. The molecule has 6 heteroatoms. The highest BCUT2D eigenvalue weighted by Gasteiger charge is 2.29. The van der Waals surface area contributed by atoms with E-state index in [2.05, 4.69) is 0 Å². The number of hydrogen-bond acceptors (Lipinski definition) is 5. The van der Waals surface area contributed by atoms with Crippen LogP contribution in [0.2, 0.25) is 0 Å². The zero-order valence-electron chi connectivity index (χ0n) is 12.1. The monoisotopic (exact) mass is 330 g/mol. The Kier molecular flexibility index (Phi) is 3.36. The normalized spacial score (nSPS) is 19.7. The Morgan fingerprint density at radius 3 is 2.57 bits per heavy atom. The maximum absolute atomic E-state index is 12.6. The van der Waals surface area contributed by atoms with E-state index in [1.807, 2.05) is 12.1 Å². The first-order chi connectivity index (χ1) is 11.1. The molecule has 0 saturated heterocycles. The van der Waals surface area contributed by atoms with Gasteiger partial charge < -0.3 is 14.2 Å². The van der Waals surface area contributed by atoms with Crippen molar-refractivity contribution in [3.63, 3.8) is 0 Å². The number of rotatable bonds is 3. The van der Waals surface area contributed by atoms with Crippen LogP contribution in [0.1, 0.15) is 11.7 Å². The van der Waals surface area contributed by atoms with Gasteiger partial charge in [-0.15, -0.1) is 0 Å². The molecule has 0 radical (unpaired) electrons. The second-order valence-electron chi connectivity index (χ2n) is 5.29. The van der Waals surface area contributed by atoms with Gasteiger partial charge in [0.05, 0.1) is 16.4 Å². The molecule has 0 amide bonds. The summed E-state index contributed by atoms with van der Waals surface area (Å²) < 4.78 is 41.5. The fraction of sp³-hybridized carbons (Fsp3) is 0.176. The van der Waals surface area contributed by atoms with Crippen LogP contribution in [0.3, 0.4) is 0 Å². The summed E-state index contributed by atoms with van der Waals surface area (Å²) in [7, 11) is -3.51. The van der Waals surface area contributed by atoms with Crippen molar-refractivity contribution in [1.82, 2.24) is 0 Å². The molecule has 0 aromatic heterocycles. The molecular weight excluding hydrogens is 316 g/mol. The lowest BCUT2D eigenvalue weighted by Gasteiger charge is -2.08. The van der Waals surface area contributed by atoms with Gasteiger partial charge >= 0.3 is 0 Å². The Morgan fingerprint density at radius 2 is 1.74 bits per heavy atom. The Hall–Kier alpha value is -2.31. The Bertz CT molecular complexity index is 871. The van der Waals surface area contributed by atoms with Gasteiger partial charge in [0, 0.05) is 0 Å². The molecule has 1 atom stereocenters. The molecule has 0 aliphatic carbocycles. The van der Waals surface area contributed by atoms with Crippen LogP contribution in [-0.2, 0) is 14.6 Å². The smallest absolute Gasteiger partial charge is 0.231 e. The Morgan fingerprint density at radius 1 is 0.957 bits per heavy atom. The van der Waals surface area contributed by atoms with Gasteiger partial charge in [0.15, 0.2) is 11.5 Å². The predicted molar refractivity (Wildman–Crippen MR) is 83.0 cm³/mol. The van der Waals surface area contributed by atoms with Crippen molar-refractivity contribution in [3.05, 3.63) is 65.1 Å². The van der Waals surface area contributed by atoms with Crippen LogP contribution in [0.15, 0.2) is 64.4 Å². The van der Waals surface area contributed by atoms with E-state index in [-0.39, 0.29) is 23.2 Å². The van der Waals surface area contributed by atoms with Gasteiger partial charge in [-0.3, -0.25) is 0 Å². The molecule has 0 spiro atoms. The SMILES string of the molecule is O=S(=O)(C1=CC(c2ccc3c(c2)OCO3)OC1)c1ccccc1. The number of benzene rings is 2. The molecule has 2 aromatic carbocycles. The fourth-order valence-electron chi connectivity index (χ4n) is 2.64. The lowest BCUT2D eigenvalue weighted by atomic mass is 10.1. The van der Waals surface area contributed by atoms with E-state index in [9.17, 15) is 8.42 Å². The van der Waals surface area contributed by atoms with Crippen LogP contribution in [0.5, 0.6) is 11.5 Å². The molecule has 5 nitrogen and oxygen atoms in total. The molecule has 0 saturated carbocycles. The number of ether oxygens (including phenoxy) is 3. The van der Waals surface area contributed by atoms with Crippen LogP contribution in [-0.4, -0.2) is 21.8 Å². The Balaban J connectivity index is 1.65. The van der Waals surface area contributed by atoms with Gasteiger partial charge in [-0.05, 0) is 35.9 Å². The topological polar surface area (TPSA) is 61.8 Å². The summed E-state index contributed by atoms with van der Waals surface area (Å²) in [6, 6.07) is 13.9. The van der Waals surface area contributed by atoms with E-state index < -0.39 is 15.9 Å². The molecule has 23 heavy (non-hydrogen) atoms. The van der Waals surface area contributed by atoms with Crippen molar-refractivity contribution >= 4 is 9.84 Å². The number of fused-ring (bicyclic) bond motifs is 1. The summed E-state index contributed by atoms with van der Waals surface area (Å²) in [4.78, 5) is 0.563. The molecule has 2 heterocycles. The molecule has 0 bridgehead atoms. The molecule has 4 rings (SSSR count). The lowest BCUT2D eigenvalue weighted by molar-refractivity contribution is 0.128. The molecule has 1 unspecified atom stereocenters. The van der Waals surface area contributed by atoms with Gasteiger partial charge in [0.2, 0.25) is 16.6 Å². The van der Waals surface area contributed by atoms with Crippen molar-refractivity contribution in [2.24, 2.45) is 0 Å². The summed E-state index contributed by atoms with van der Waals surface area (Å²) in [5.74, 6) is 1.34. The third kappa shape index (κ3) is 2.50. The molecule has 118 valence electrons. The van der Waals surface area contributed by atoms with E-state index in [0.717, 1.165) is 5.56 Å². The highest BCUT2D eigenvalue weighted by Crippen LogP contribution is 2.38. The van der Waals surface area contributed by atoms with E-state index >= 15 is 0 Å². The molecule has 2 aliphatic heterocycles. The van der Waals surface area contributed by atoms with Crippen molar-refractivity contribution in [1.29, 1.82) is 0 Å². The minimum Gasteiger partial charge on any atom is -0.454 e. The highest BCUT2D eigenvalue weighted by molar-refractivity contribution is 7.95. The van der Waals surface area contributed by atoms with Gasteiger partial charge in [-0.1, -0.05) is 24.3 Å². The van der Waals surface area contributed by atoms with E-state index in [0.29, 0.717) is 11.5 Å². The van der Waals surface area contributed by atoms with Gasteiger partial charge in [0.25, 0.3) is 0 Å². The largest absolute Gasteiger partial charge is 0.454 e. The Labute approximate surface area is 134 Å². The van der Waals surface area contributed by atoms with Crippen LogP contribution in [0, 0.1) is 0 Å². The maximum Gasteiger partial charge on any atom is 0.231 e. The molecule has 0 N–H and O–H groups in total. The van der Waals surface area contributed by atoms with Gasteiger partial charge in [-0.2, -0.15) is 0 Å². The maximum atomic E-state index is 12.6. The number of sulfone groups is 1. The van der Waals surface area contributed by atoms with Crippen LogP contribution in [0.25, 0.3) is 0 Å². The molecular formula is C17H14O5S.